The summed E-state index contributed by atoms with van der Waals surface area (Å²) in [5.41, 5.74) is 1.88. The number of hydrogen-bond acceptors (Lipinski definition) is 5. The average molecular weight is 368 g/mol. The molecule has 120 valence electrons. The van der Waals surface area contributed by atoms with E-state index in [1.54, 1.807) is 43.5 Å². The molecule has 1 aromatic carbocycles. The molecule has 2 heterocycles. The molecule has 0 N–H and O–H groups in total. The van der Waals surface area contributed by atoms with E-state index in [2.05, 4.69) is 10.1 Å². The Morgan fingerprint density at radius 1 is 1.17 bits per heavy atom. The maximum absolute atomic E-state index is 13.1. The fourth-order valence-corrected chi connectivity index (χ4v) is 4.93. The number of benzene rings is 1. The smallest absolute Gasteiger partial charge is 0.213 e. The largest absolute Gasteiger partial charge is 0.233 e. The second kappa shape index (κ2) is 5.81. The summed E-state index contributed by atoms with van der Waals surface area (Å²) < 4.78 is 27.5. The molecule has 8 heteroatoms. The van der Waals surface area contributed by atoms with Gasteiger partial charge in [0.15, 0.2) is 10.5 Å². The van der Waals surface area contributed by atoms with Crippen LogP contribution in [0.3, 0.4) is 0 Å². The fraction of sp³-hybridized carbons (Fsp3) is 0.200. The van der Waals surface area contributed by atoms with Gasteiger partial charge in [-0.05, 0) is 38.3 Å². The van der Waals surface area contributed by atoms with Crippen LogP contribution in [0.4, 0.5) is 0 Å². The lowest BCUT2D eigenvalue weighted by Gasteiger charge is -2.05. The summed E-state index contributed by atoms with van der Waals surface area (Å²) >= 11 is 7.43. The van der Waals surface area contributed by atoms with Gasteiger partial charge in [0.1, 0.15) is 10.2 Å². The van der Waals surface area contributed by atoms with E-state index in [4.69, 9.17) is 11.6 Å². The van der Waals surface area contributed by atoms with E-state index in [1.165, 1.54) is 16.3 Å². The molecule has 3 aromatic rings. The Hall–Kier alpha value is -1.57. The topological polar surface area (TPSA) is 64.3 Å². The van der Waals surface area contributed by atoms with Gasteiger partial charge < -0.3 is 0 Å². The van der Waals surface area contributed by atoms with Crippen LogP contribution in [0, 0.1) is 13.8 Å². The molecule has 0 saturated carbocycles. The molecule has 0 saturated heterocycles. The Kier molecular flexibility index (Phi) is 4.12. The number of halogens is 1. The molecule has 0 atom stereocenters. The van der Waals surface area contributed by atoms with Gasteiger partial charge in [-0.2, -0.15) is 5.10 Å². The molecule has 5 nitrogen and oxygen atoms in total. The van der Waals surface area contributed by atoms with Crippen molar-refractivity contribution in [3.63, 3.8) is 0 Å². The summed E-state index contributed by atoms with van der Waals surface area (Å²) in [4.78, 5) is 4.65. The maximum atomic E-state index is 13.1. The van der Waals surface area contributed by atoms with Gasteiger partial charge in [-0.3, -0.25) is 0 Å². The fourth-order valence-electron chi connectivity index (χ4n) is 2.26. The Morgan fingerprint density at radius 3 is 2.43 bits per heavy atom. The Morgan fingerprint density at radius 2 is 1.83 bits per heavy atom. The van der Waals surface area contributed by atoms with Crippen LogP contribution < -0.4 is 0 Å². The normalized spacial score (nSPS) is 12.0. The predicted octanol–water partition coefficient (Wildman–Crippen LogP) is 3.55. The monoisotopic (exact) mass is 367 g/mol. The zero-order valence-electron chi connectivity index (χ0n) is 12.7. The number of thioether (sulfide) groups is 1. The minimum absolute atomic E-state index is 0.0967. The molecule has 0 unspecified atom stereocenters. The first-order chi connectivity index (χ1) is 10.8. The van der Waals surface area contributed by atoms with E-state index in [-0.39, 0.29) is 15.4 Å². The van der Waals surface area contributed by atoms with Crippen LogP contribution in [-0.4, -0.2) is 29.3 Å². The van der Waals surface area contributed by atoms with Crippen molar-refractivity contribution in [2.75, 3.05) is 6.26 Å². The summed E-state index contributed by atoms with van der Waals surface area (Å²) in [6.07, 6.45) is 1.77. The number of aromatic nitrogens is 3. The first-order valence-electron chi connectivity index (χ1n) is 6.76. The second-order valence-electron chi connectivity index (χ2n) is 5.11. The van der Waals surface area contributed by atoms with Gasteiger partial charge in [0, 0.05) is 5.69 Å². The van der Waals surface area contributed by atoms with Crippen LogP contribution in [0.2, 0.25) is 5.15 Å². The van der Waals surface area contributed by atoms with Gasteiger partial charge in [0.05, 0.1) is 4.90 Å². The standard InChI is InChI=1S/C15H14ClN3O2S2/c1-9-4-6-11(7-5-9)23(20,21)13-14-17-10(2)8-12(16)19(14)18-15(13)22-3/h4-8H,1-3H3. The molecule has 3 rings (SSSR count). The molecule has 0 bridgehead atoms. The number of nitrogens with zero attached hydrogens (tertiary/aromatic N) is 3. The van der Waals surface area contributed by atoms with Crippen molar-refractivity contribution in [3.8, 4) is 0 Å². The molecular formula is C15H14ClN3O2S2. The molecule has 0 aliphatic carbocycles. The van der Waals surface area contributed by atoms with Gasteiger partial charge in [0.2, 0.25) is 9.84 Å². The lowest BCUT2D eigenvalue weighted by molar-refractivity contribution is 0.594. The maximum Gasteiger partial charge on any atom is 0.213 e. The van der Waals surface area contributed by atoms with Gasteiger partial charge in [0.25, 0.3) is 0 Å². The summed E-state index contributed by atoms with van der Waals surface area (Å²) in [5, 5.41) is 4.99. The summed E-state index contributed by atoms with van der Waals surface area (Å²) in [7, 11) is -3.74. The van der Waals surface area contributed by atoms with Gasteiger partial charge >= 0.3 is 0 Å². The van der Waals surface area contributed by atoms with Crippen molar-refractivity contribution in [2.24, 2.45) is 0 Å². The summed E-state index contributed by atoms with van der Waals surface area (Å²) in [6, 6.07) is 8.37. The van der Waals surface area contributed by atoms with Crippen LogP contribution in [0.15, 0.2) is 45.1 Å². The van der Waals surface area contributed by atoms with Crippen molar-refractivity contribution in [1.29, 1.82) is 0 Å². The van der Waals surface area contributed by atoms with Crippen LogP contribution in [0.25, 0.3) is 5.65 Å². The highest BCUT2D eigenvalue weighted by Crippen LogP contribution is 2.33. The number of sulfone groups is 1. The number of rotatable bonds is 3. The van der Waals surface area contributed by atoms with Crippen molar-refractivity contribution in [1.82, 2.24) is 14.6 Å². The van der Waals surface area contributed by atoms with Crippen molar-refractivity contribution < 1.29 is 8.42 Å². The molecule has 0 spiro atoms. The van der Waals surface area contributed by atoms with Crippen molar-refractivity contribution in [3.05, 3.63) is 46.7 Å². The summed E-state index contributed by atoms with van der Waals surface area (Å²) in [5.74, 6) is 0. The highest BCUT2D eigenvalue weighted by molar-refractivity contribution is 7.99. The van der Waals surface area contributed by atoms with Crippen LogP contribution in [-0.2, 0) is 9.84 Å². The Bertz CT molecular complexity index is 996. The third-order valence-electron chi connectivity index (χ3n) is 3.39. The molecule has 0 amide bonds. The zero-order chi connectivity index (χ0) is 16.8. The van der Waals surface area contributed by atoms with E-state index in [0.29, 0.717) is 15.9 Å². The minimum Gasteiger partial charge on any atom is -0.233 e. The van der Waals surface area contributed by atoms with Gasteiger partial charge in [-0.15, -0.1) is 11.8 Å². The number of aryl methyl sites for hydroxylation is 2. The van der Waals surface area contributed by atoms with E-state index in [1.807, 2.05) is 6.92 Å². The quantitative estimate of drug-likeness (QED) is 0.523. The van der Waals surface area contributed by atoms with Gasteiger partial charge in [-0.1, -0.05) is 29.3 Å². The first-order valence-corrected chi connectivity index (χ1v) is 9.85. The minimum atomic E-state index is -3.74. The zero-order valence-corrected chi connectivity index (χ0v) is 15.1. The second-order valence-corrected chi connectivity index (χ2v) is 8.18. The average Bonchev–Trinajstić information content (AvgIpc) is 2.87. The molecule has 0 aliphatic rings. The third-order valence-corrected chi connectivity index (χ3v) is 6.27. The molecule has 0 radical (unpaired) electrons. The SMILES string of the molecule is CSc1nn2c(Cl)cc(C)nc2c1S(=O)(=O)c1ccc(C)cc1. The van der Waals surface area contributed by atoms with Crippen molar-refractivity contribution >= 4 is 38.8 Å². The van der Waals surface area contributed by atoms with E-state index >= 15 is 0 Å². The predicted molar refractivity (Wildman–Crippen MR) is 91.1 cm³/mol. The molecule has 2 aromatic heterocycles. The van der Waals surface area contributed by atoms with Crippen LogP contribution in [0.1, 0.15) is 11.3 Å². The lowest BCUT2D eigenvalue weighted by atomic mass is 10.2. The van der Waals surface area contributed by atoms with Crippen molar-refractivity contribution in [2.45, 2.75) is 28.7 Å². The Balaban J connectivity index is 2.36. The molecule has 23 heavy (non-hydrogen) atoms. The van der Waals surface area contributed by atoms with E-state index in [9.17, 15) is 8.42 Å². The molecule has 0 fully saturated rings. The highest BCUT2D eigenvalue weighted by atomic mass is 35.5. The molecule has 0 aliphatic heterocycles. The number of hydrogen-bond donors (Lipinski definition) is 0. The van der Waals surface area contributed by atoms with E-state index < -0.39 is 9.84 Å². The van der Waals surface area contributed by atoms with Crippen LogP contribution in [0.5, 0.6) is 0 Å². The lowest BCUT2D eigenvalue weighted by Crippen LogP contribution is -2.04. The third kappa shape index (κ3) is 2.73. The highest BCUT2D eigenvalue weighted by Gasteiger charge is 2.29. The number of fused-ring (bicyclic) bond motifs is 1. The molecular weight excluding hydrogens is 354 g/mol. The van der Waals surface area contributed by atoms with Crippen LogP contribution >= 0.6 is 23.4 Å². The van der Waals surface area contributed by atoms with Gasteiger partial charge in [-0.25, -0.2) is 17.9 Å². The Labute approximate surface area is 143 Å². The first kappa shape index (κ1) is 16.3. The summed E-state index contributed by atoms with van der Waals surface area (Å²) in [6.45, 7) is 3.67. The van der Waals surface area contributed by atoms with E-state index in [0.717, 1.165) is 5.56 Å².